The average molecular weight is 274 g/mol. The number of nitrogens with zero attached hydrogens (tertiary/aromatic N) is 4. The summed E-state index contributed by atoms with van der Waals surface area (Å²) >= 11 is 0. The van der Waals surface area contributed by atoms with Crippen LogP contribution < -0.4 is 0 Å². The molecule has 1 aliphatic carbocycles. The Morgan fingerprint density at radius 2 is 2.25 bits per heavy atom. The Balaban J connectivity index is 1.87. The van der Waals surface area contributed by atoms with Gasteiger partial charge in [0.05, 0.1) is 36.2 Å². The molecule has 2 aromatic rings. The van der Waals surface area contributed by atoms with Gasteiger partial charge in [-0.25, -0.2) is 4.79 Å². The van der Waals surface area contributed by atoms with Crippen molar-refractivity contribution in [3.8, 4) is 11.3 Å². The lowest BCUT2D eigenvalue weighted by Crippen LogP contribution is -2.37. The van der Waals surface area contributed by atoms with Crippen LogP contribution in [0.2, 0.25) is 0 Å². The Labute approximate surface area is 114 Å². The molecule has 3 heterocycles. The molecule has 2 aliphatic rings. The molecular weight excluding hydrogens is 260 g/mol. The highest BCUT2D eigenvalue weighted by molar-refractivity contribution is 5.70. The first-order valence-electron chi connectivity index (χ1n) is 6.74. The van der Waals surface area contributed by atoms with E-state index in [-0.39, 0.29) is 0 Å². The highest BCUT2D eigenvalue weighted by Gasteiger charge is 2.31. The van der Waals surface area contributed by atoms with Crippen molar-refractivity contribution < 1.29 is 14.4 Å². The minimum Gasteiger partial charge on any atom is -0.465 e. The van der Waals surface area contributed by atoms with Gasteiger partial charge in [0.15, 0.2) is 5.76 Å². The van der Waals surface area contributed by atoms with Gasteiger partial charge in [0.1, 0.15) is 0 Å². The Morgan fingerprint density at radius 3 is 3.10 bits per heavy atom. The predicted molar refractivity (Wildman–Crippen MR) is 68.2 cm³/mol. The summed E-state index contributed by atoms with van der Waals surface area (Å²) < 4.78 is 7.33. The maximum atomic E-state index is 11.2. The van der Waals surface area contributed by atoms with Gasteiger partial charge in [-0.3, -0.25) is 4.68 Å². The van der Waals surface area contributed by atoms with E-state index < -0.39 is 6.09 Å². The molecule has 0 bridgehead atoms. The molecule has 0 atom stereocenters. The fourth-order valence-corrected chi connectivity index (χ4v) is 3.06. The monoisotopic (exact) mass is 274 g/mol. The Kier molecular flexibility index (Phi) is 2.35. The standard InChI is InChI=1S/C13H14N4O3/c18-13(19)16-4-5-17-10(7-16)11-9(15-17)3-1-2-8-6-14-20-12(8)11/h6H,1-5,7H2,(H,18,19). The molecule has 0 spiro atoms. The van der Waals surface area contributed by atoms with Crippen LogP contribution in [0.1, 0.15) is 23.4 Å². The summed E-state index contributed by atoms with van der Waals surface area (Å²) in [6.07, 6.45) is 3.70. The van der Waals surface area contributed by atoms with E-state index in [2.05, 4.69) is 10.3 Å². The maximum absolute atomic E-state index is 11.2. The summed E-state index contributed by atoms with van der Waals surface area (Å²) in [4.78, 5) is 12.6. The average Bonchev–Trinajstić information content (AvgIpc) is 2.98. The van der Waals surface area contributed by atoms with Gasteiger partial charge >= 0.3 is 6.09 Å². The van der Waals surface area contributed by atoms with Gasteiger partial charge < -0.3 is 14.5 Å². The molecule has 0 aromatic carbocycles. The molecule has 104 valence electrons. The normalized spacial score (nSPS) is 17.1. The van der Waals surface area contributed by atoms with Crippen molar-refractivity contribution in [2.45, 2.75) is 32.4 Å². The molecule has 0 saturated heterocycles. The second-order valence-corrected chi connectivity index (χ2v) is 5.23. The number of fused-ring (bicyclic) bond motifs is 5. The highest BCUT2D eigenvalue weighted by atomic mass is 16.5. The number of carbonyl (C=O) groups is 1. The smallest absolute Gasteiger partial charge is 0.407 e. The van der Waals surface area contributed by atoms with Crippen molar-refractivity contribution in [2.75, 3.05) is 6.54 Å². The SMILES string of the molecule is O=C(O)N1CCn2nc3c(c2C1)-c1oncc1CCC3. The maximum Gasteiger partial charge on any atom is 0.407 e. The van der Waals surface area contributed by atoms with E-state index >= 15 is 0 Å². The van der Waals surface area contributed by atoms with Crippen LogP contribution in [0.15, 0.2) is 10.7 Å². The Morgan fingerprint density at radius 1 is 1.35 bits per heavy atom. The molecule has 2 aromatic heterocycles. The van der Waals surface area contributed by atoms with Crippen LogP contribution in [-0.4, -0.2) is 37.6 Å². The Hall–Kier alpha value is -2.31. The number of aryl methyl sites for hydroxylation is 2. The van der Waals surface area contributed by atoms with Gasteiger partial charge in [-0.2, -0.15) is 5.10 Å². The molecule has 0 saturated carbocycles. The van der Waals surface area contributed by atoms with E-state index in [0.29, 0.717) is 19.6 Å². The molecule has 0 fully saturated rings. The van der Waals surface area contributed by atoms with Crippen LogP contribution in [0, 0.1) is 0 Å². The predicted octanol–water partition coefficient (Wildman–Crippen LogP) is 1.52. The molecule has 20 heavy (non-hydrogen) atoms. The zero-order chi connectivity index (χ0) is 13.7. The van der Waals surface area contributed by atoms with Gasteiger partial charge in [0.2, 0.25) is 0 Å². The van der Waals surface area contributed by atoms with E-state index in [0.717, 1.165) is 47.5 Å². The highest BCUT2D eigenvalue weighted by Crippen LogP contribution is 2.36. The summed E-state index contributed by atoms with van der Waals surface area (Å²) in [6.45, 7) is 1.43. The molecule has 1 amide bonds. The first-order valence-corrected chi connectivity index (χ1v) is 6.74. The third-order valence-corrected chi connectivity index (χ3v) is 4.05. The van der Waals surface area contributed by atoms with Crippen LogP contribution >= 0.6 is 0 Å². The van der Waals surface area contributed by atoms with Crippen molar-refractivity contribution in [1.82, 2.24) is 19.8 Å². The number of aromatic nitrogens is 3. The number of amides is 1. The van der Waals surface area contributed by atoms with Crippen molar-refractivity contribution in [3.05, 3.63) is 23.1 Å². The largest absolute Gasteiger partial charge is 0.465 e. The summed E-state index contributed by atoms with van der Waals surface area (Å²) in [6, 6.07) is 0. The van der Waals surface area contributed by atoms with Gasteiger partial charge in [0.25, 0.3) is 0 Å². The number of hydrogen-bond donors (Lipinski definition) is 1. The summed E-state index contributed by atoms with van der Waals surface area (Å²) in [5.41, 5.74) is 3.98. The van der Waals surface area contributed by atoms with Crippen LogP contribution in [0.5, 0.6) is 0 Å². The third kappa shape index (κ3) is 1.55. The first-order chi connectivity index (χ1) is 9.74. The van der Waals surface area contributed by atoms with E-state index in [1.54, 1.807) is 6.20 Å². The van der Waals surface area contributed by atoms with E-state index in [1.807, 2.05) is 4.68 Å². The van der Waals surface area contributed by atoms with Crippen LogP contribution in [0.25, 0.3) is 11.3 Å². The molecule has 1 aliphatic heterocycles. The Bertz CT molecular complexity index is 688. The number of hydrogen-bond acceptors (Lipinski definition) is 4. The quantitative estimate of drug-likeness (QED) is 0.787. The molecule has 0 unspecified atom stereocenters. The number of rotatable bonds is 0. The van der Waals surface area contributed by atoms with Crippen molar-refractivity contribution in [1.29, 1.82) is 0 Å². The van der Waals surface area contributed by atoms with Crippen LogP contribution in [0.3, 0.4) is 0 Å². The molecule has 7 nitrogen and oxygen atoms in total. The first kappa shape index (κ1) is 11.5. The molecular formula is C13H14N4O3. The third-order valence-electron chi connectivity index (χ3n) is 4.05. The zero-order valence-corrected chi connectivity index (χ0v) is 10.9. The lowest BCUT2D eigenvalue weighted by molar-refractivity contribution is 0.131. The molecule has 7 heteroatoms. The molecule has 0 radical (unpaired) electrons. The van der Waals surface area contributed by atoms with Gasteiger partial charge in [-0.05, 0) is 19.3 Å². The van der Waals surface area contributed by atoms with E-state index in [4.69, 9.17) is 4.52 Å². The second-order valence-electron chi connectivity index (χ2n) is 5.23. The van der Waals surface area contributed by atoms with Crippen molar-refractivity contribution >= 4 is 6.09 Å². The minimum atomic E-state index is -0.891. The molecule has 1 N–H and O–H groups in total. The van der Waals surface area contributed by atoms with E-state index in [1.165, 1.54) is 4.90 Å². The topological polar surface area (TPSA) is 84.4 Å². The van der Waals surface area contributed by atoms with E-state index in [9.17, 15) is 9.90 Å². The summed E-state index contributed by atoms with van der Waals surface area (Å²) in [5.74, 6) is 0.769. The fraction of sp³-hybridized carbons (Fsp3) is 0.462. The van der Waals surface area contributed by atoms with Crippen LogP contribution in [0.4, 0.5) is 4.79 Å². The van der Waals surface area contributed by atoms with Gasteiger partial charge in [0, 0.05) is 12.1 Å². The van der Waals surface area contributed by atoms with Crippen molar-refractivity contribution in [3.63, 3.8) is 0 Å². The number of carboxylic acid groups (broad SMARTS) is 1. The van der Waals surface area contributed by atoms with Gasteiger partial charge in [-0.1, -0.05) is 5.16 Å². The zero-order valence-electron chi connectivity index (χ0n) is 10.9. The van der Waals surface area contributed by atoms with Gasteiger partial charge in [-0.15, -0.1) is 0 Å². The second kappa shape index (κ2) is 4.09. The lowest BCUT2D eigenvalue weighted by atomic mass is 10.1. The minimum absolute atomic E-state index is 0.359. The lowest BCUT2D eigenvalue weighted by Gasteiger charge is -2.25. The molecule has 4 rings (SSSR count). The summed E-state index contributed by atoms with van der Waals surface area (Å²) in [5, 5.41) is 17.7. The fourth-order valence-electron chi connectivity index (χ4n) is 3.06. The van der Waals surface area contributed by atoms with Crippen molar-refractivity contribution in [2.24, 2.45) is 0 Å². The summed E-state index contributed by atoms with van der Waals surface area (Å²) in [7, 11) is 0. The van der Waals surface area contributed by atoms with Crippen LogP contribution in [-0.2, 0) is 25.9 Å².